The molecule has 0 aliphatic carbocycles. The largest absolute Gasteiger partial charge is 0.489 e. The van der Waals surface area contributed by atoms with Crippen LogP contribution in [-0.4, -0.2) is 12.7 Å². The summed E-state index contributed by atoms with van der Waals surface area (Å²) in [4.78, 5) is 11.4. The number of nitrogens with two attached hydrogens (primary N) is 1. The lowest BCUT2D eigenvalue weighted by Crippen LogP contribution is -2.29. The summed E-state index contributed by atoms with van der Waals surface area (Å²) < 4.78 is 21.5. The van der Waals surface area contributed by atoms with Crippen LogP contribution >= 0.6 is 0 Å². The fourth-order valence-electron chi connectivity index (χ4n) is 1.97. The molecule has 1 amide bonds. The van der Waals surface area contributed by atoms with Crippen LogP contribution in [0.15, 0.2) is 28.7 Å². The molecule has 1 aliphatic rings. The molecule has 0 radical (unpaired) electrons. The van der Waals surface area contributed by atoms with Crippen molar-refractivity contribution in [3.63, 3.8) is 0 Å². The highest BCUT2D eigenvalue weighted by Crippen LogP contribution is 2.35. The third-order valence-corrected chi connectivity index (χ3v) is 3.11. The summed E-state index contributed by atoms with van der Waals surface area (Å²) in [5.41, 5.74) is 2.79. The highest BCUT2D eigenvalue weighted by atomic mass is 16.7. The first-order chi connectivity index (χ1) is 10.2. The number of carbonyl (C=O) groups excluding carboxylic acids is 1. The Hall–Kier alpha value is -2.67. The van der Waals surface area contributed by atoms with E-state index >= 15 is 0 Å². The van der Waals surface area contributed by atoms with E-state index in [1.807, 2.05) is 5.43 Å². The zero-order chi connectivity index (χ0) is 14.8. The molecular formula is C14H14N2O5. The number of ether oxygens (including phenoxy) is 3. The second-order valence-electron chi connectivity index (χ2n) is 4.47. The Kier molecular flexibility index (Phi) is 3.41. The molecule has 0 saturated heterocycles. The van der Waals surface area contributed by atoms with Gasteiger partial charge < -0.3 is 18.6 Å². The lowest BCUT2D eigenvalue weighted by Gasteiger charge is -2.06. The number of furan rings is 1. The van der Waals surface area contributed by atoms with Crippen molar-refractivity contribution >= 4 is 5.91 Å². The number of aryl methyl sites for hydroxylation is 1. The molecule has 2 aromatic rings. The summed E-state index contributed by atoms with van der Waals surface area (Å²) in [6.07, 6.45) is 0. The molecule has 7 heteroatoms. The molecule has 0 bridgehead atoms. The van der Waals surface area contributed by atoms with E-state index in [0.717, 1.165) is 5.56 Å². The Morgan fingerprint density at radius 2 is 2.14 bits per heavy atom. The minimum Gasteiger partial charge on any atom is -0.489 e. The molecule has 21 heavy (non-hydrogen) atoms. The SMILES string of the molecule is Cc1oc(C(=O)NN)cc1COc1ccc2c(c1)OCO2. The van der Waals surface area contributed by atoms with E-state index in [2.05, 4.69) is 0 Å². The quantitative estimate of drug-likeness (QED) is 0.503. The van der Waals surface area contributed by atoms with Crippen LogP contribution in [0.3, 0.4) is 0 Å². The Labute approximate surface area is 120 Å². The van der Waals surface area contributed by atoms with Crippen LogP contribution in [0.4, 0.5) is 0 Å². The molecule has 0 atom stereocenters. The van der Waals surface area contributed by atoms with Gasteiger partial charge in [-0.3, -0.25) is 10.2 Å². The van der Waals surface area contributed by atoms with E-state index < -0.39 is 5.91 Å². The van der Waals surface area contributed by atoms with E-state index in [4.69, 9.17) is 24.5 Å². The highest BCUT2D eigenvalue weighted by molar-refractivity contribution is 5.91. The van der Waals surface area contributed by atoms with Crippen molar-refractivity contribution in [1.29, 1.82) is 0 Å². The predicted molar refractivity (Wildman–Crippen MR) is 72.0 cm³/mol. The molecule has 2 heterocycles. The van der Waals surface area contributed by atoms with Crippen molar-refractivity contribution in [3.05, 3.63) is 41.3 Å². The molecule has 1 aromatic heterocycles. The van der Waals surface area contributed by atoms with Gasteiger partial charge in [0.25, 0.3) is 0 Å². The average molecular weight is 290 g/mol. The molecular weight excluding hydrogens is 276 g/mol. The van der Waals surface area contributed by atoms with Crippen LogP contribution in [0.25, 0.3) is 0 Å². The minimum absolute atomic E-state index is 0.152. The first-order valence-corrected chi connectivity index (χ1v) is 6.30. The van der Waals surface area contributed by atoms with Gasteiger partial charge in [-0.05, 0) is 25.1 Å². The van der Waals surface area contributed by atoms with Crippen molar-refractivity contribution in [2.45, 2.75) is 13.5 Å². The van der Waals surface area contributed by atoms with Crippen molar-refractivity contribution in [1.82, 2.24) is 5.43 Å². The van der Waals surface area contributed by atoms with Gasteiger partial charge in [0.15, 0.2) is 17.3 Å². The Bertz CT molecular complexity index is 680. The second kappa shape index (κ2) is 5.37. The summed E-state index contributed by atoms with van der Waals surface area (Å²) in [5, 5.41) is 0. The number of amides is 1. The topological polar surface area (TPSA) is 96.0 Å². The van der Waals surface area contributed by atoms with Crippen molar-refractivity contribution in [2.75, 3.05) is 6.79 Å². The van der Waals surface area contributed by atoms with Crippen LogP contribution in [-0.2, 0) is 6.61 Å². The number of fused-ring (bicyclic) bond motifs is 1. The van der Waals surface area contributed by atoms with Crippen LogP contribution in [0, 0.1) is 6.92 Å². The lowest BCUT2D eigenvalue weighted by molar-refractivity contribution is 0.0924. The fraction of sp³-hybridized carbons (Fsp3) is 0.214. The maximum absolute atomic E-state index is 11.4. The Morgan fingerprint density at radius 3 is 2.95 bits per heavy atom. The number of hydrogen-bond donors (Lipinski definition) is 2. The van der Waals surface area contributed by atoms with Gasteiger partial charge in [0, 0.05) is 11.6 Å². The molecule has 3 rings (SSSR count). The van der Waals surface area contributed by atoms with Crippen molar-refractivity contribution < 1.29 is 23.4 Å². The molecule has 0 spiro atoms. The van der Waals surface area contributed by atoms with Crippen LogP contribution in [0.2, 0.25) is 0 Å². The van der Waals surface area contributed by atoms with Crippen molar-refractivity contribution in [2.24, 2.45) is 5.84 Å². The summed E-state index contributed by atoms with van der Waals surface area (Å²) in [7, 11) is 0. The predicted octanol–water partition coefficient (Wildman–Crippen LogP) is 1.50. The maximum Gasteiger partial charge on any atom is 0.300 e. The van der Waals surface area contributed by atoms with Gasteiger partial charge in [0.05, 0.1) is 0 Å². The van der Waals surface area contributed by atoms with E-state index in [1.54, 1.807) is 31.2 Å². The first-order valence-electron chi connectivity index (χ1n) is 6.30. The molecule has 0 saturated carbocycles. The number of rotatable bonds is 4. The standard InChI is InChI=1S/C14H14N2O5/c1-8-9(4-13(21-8)14(17)16-15)6-18-10-2-3-11-12(5-10)20-7-19-11/h2-5H,6-7,15H2,1H3,(H,16,17). The van der Waals surface area contributed by atoms with Crippen molar-refractivity contribution in [3.8, 4) is 17.2 Å². The summed E-state index contributed by atoms with van der Waals surface area (Å²) >= 11 is 0. The van der Waals surface area contributed by atoms with E-state index in [-0.39, 0.29) is 19.2 Å². The molecule has 3 N–H and O–H groups in total. The van der Waals surface area contributed by atoms with Gasteiger partial charge in [0.1, 0.15) is 18.1 Å². The first kappa shape index (κ1) is 13.3. The molecule has 1 aromatic carbocycles. The van der Waals surface area contributed by atoms with Crippen LogP contribution < -0.4 is 25.5 Å². The van der Waals surface area contributed by atoms with Gasteiger partial charge in [-0.2, -0.15) is 0 Å². The van der Waals surface area contributed by atoms with E-state index in [1.165, 1.54) is 0 Å². The Balaban J connectivity index is 1.70. The fourth-order valence-corrected chi connectivity index (χ4v) is 1.97. The Morgan fingerprint density at radius 1 is 1.33 bits per heavy atom. The van der Waals surface area contributed by atoms with Gasteiger partial charge in [-0.15, -0.1) is 0 Å². The zero-order valence-electron chi connectivity index (χ0n) is 11.3. The smallest absolute Gasteiger partial charge is 0.300 e. The second-order valence-corrected chi connectivity index (χ2v) is 4.47. The molecule has 110 valence electrons. The number of nitrogen functional groups attached to an aromatic ring is 1. The van der Waals surface area contributed by atoms with Crippen LogP contribution in [0.1, 0.15) is 21.9 Å². The normalized spacial score (nSPS) is 12.3. The van der Waals surface area contributed by atoms with Gasteiger partial charge in [0.2, 0.25) is 6.79 Å². The summed E-state index contributed by atoms with van der Waals surface area (Å²) in [5.74, 6) is 7.34. The van der Waals surface area contributed by atoms with E-state index in [9.17, 15) is 4.79 Å². The number of benzene rings is 1. The average Bonchev–Trinajstić information content (AvgIpc) is 3.10. The summed E-state index contributed by atoms with van der Waals surface area (Å²) in [6, 6.07) is 6.93. The monoisotopic (exact) mass is 290 g/mol. The maximum atomic E-state index is 11.4. The zero-order valence-corrected chi connectivity index (χ0v) is 11.3. The third kappa shape index (κ3) is 2.63. The molecule has 1 aliphatic heterocycles. The molecule has 0 unspecified atom stereocenters. The summed E-state index contributed by atoms with van der Waals surface area (Å²) in [6.45, 7) is 2.25. The third-order valence-electron chi connectivity index (χ3n) is 3.11. The molecule has 7 nitrogen and oxygen atoms in total. The van der Waals surface area contributed by atoms with E-state index in [0.29, 0.717) is 23.0 Å². The number of hydrogen-bond acceptors (Lipinski definition) is 6. The number of hydrazine groups is 1. The molecule has 0 fully saturated rings. The van der Waals surface area contributed by atoms with Gasteiger partial charge in [-0.25, -0.2) is 5.84 Å². The lowest BCUT2D eigenvalue weighted by atomic mass is 10.2. The number of carbonyl (C=O) groups is 1. The number of nitrogens with one attached hydrogen (secondary N) is 1. The highest BCUT2D eigenvalue weighted by Gasteiger charge is 2.16. The minimum atomic E-state index is -0.479. The van der Waals surface area contributed by atoms with Gasteiger partial charge in [-0.1, -0.05) is 0 Å². The van der Waals surface area contributed by atoms with Gasteiger partial charge >= 0.3 is 5.91 Å². The van der Waals surface area contributed by atoms with Crippen LogP contribution in [0.5, 0.6) is 17.2 Å².